The Morgan fingerprint density at radius 2 is 1.61 bits per heavy atom. The van der Waals surface area contributed by atoms with Crippen molar-refractivity contribution in [3.8, 4) is 0 Å². The molecule has 0 radical (unpaired) electrons. The van der Waals surface area contributed by atoms with E-state index in [4.69, 9.17) is 0 Å². The van der Waals surface area contributed by atoms with Gasteiger partial charge in [-0.1, -0.05) is 69.5 Å². The normalized spacial score (nSPS) is 12.0. The molecule has 1 N–H and O–H groups in total. The van der Waals surface area contributed by atoms with Crippen LogP contribution in [0.2, 0.25) is 0 Å². The molecule has 1 atom stereocenters. The lowest BCUT2D eigenvalue weighted by Gasteiger charge is -2.32. The zero-order chi connectivity index (χ0) is 26.5. The van der Waals surface area contributed by atoms with Crippen LogP contribution in [0.4, 0.5) is 5.69 Å². The van der Waals surface area contributed by atoms with Crippen molar-refractivity contribution in [3.05, 3.63) is 94.0 Å². The third-order valence-electron chi connectivity index (χ3n) is 5.83. The van der Waals surface area contributed by atoms with Crippen molar-refractivity contribution in [3.63, 3.8) is 0 Å². The fraction of sp³-hybridized carbons (Fsp3) is 0.259. The molecule has 36 heavy (non-hydrogen) atoms. The zero-order valence-electron chi connectivity index (χ0n) is 20.7. The van der Waals surface area contributed by atoms with E-state index in [1.165, 1.54) is 24.1 Å². The number of carbonyl (C=O) groups excluding carboxylic acids is 2. The number of rotatable bonds is 9. The summed E-state index contributed by atoms with van der Waals surface area (Å²) in [6, 6.07) is 20.1. The van der Waals surface area contributed by atoms with E-state index in [1.54, 1.807) is 43.3 Å². The summed E-state index contributed by atoms with van der Waals surface area (Å²) >= 11 is 3.39. The van der Waals surface area contributed by atoms with E-state index in [1.807, 2.05) is 38.1 Å². The van der Waals surface area contributed by atoms with Crippen molar-refractivity contribution >= 4 is 43.5 Å². The summed E-state index contributed by atoms with van der Waals surface area (Å²) in [6.07, 6.45) is 0. The topological polar surface area (TPSA) is 86.8 Å². The second-order valence-corrected chi connectivity index (χ2v) is 11.4. The second kappa shape index (κ2) is 11.7. The molecule has 3 rings (SSSR count). The molecular formula is C27H30BrN3O4S. The number of likely N-dealkylation sites (N-methyl/N-ethyl adjacent to an activating group) is 1. The van der Waals surface area contributed by atoms with E-state index < -0.39 is 28.5 Å². The highest BCUT2D eigenvalue weighted by atomic mass is 79.9. The fourth-order valence-corrected chi connectivity index (χ4v) is 5.59. The molecule has 0 aliphatic carbocycles. The minimum absolute atomic E-state index is 0.0745. The number of aryl methyl sites for hydroxylation is 2. The zero-order valence-corrected chi connectivity index (χ0v) is 23.1. The average Bonchev–Trinajstić information content (AvgIpc) is 2.85. The molecule has 3 aromatic carbocycles. The third kappa shape index (κ3) is 6.53. The number of amides is 2. The van der Waals surface area contributed by atoms with E-state index in [0.29, 0.717) is 10.2 Å². The van der Waals surface area contributed by atoms with Crippen molar-refractivity contribution in [1.82, 2.24) is 10.2 Å². The number of hydrogen-bond acceptors (Lipinski definition) is 4. The molecule has 0 heterocycles. The first-order valence-corrected chi connectivity index (χ1v) is 13.7. The standard InChI is InChI=1S/C27H30BrN3O4S/c1-19-11-13-25(14-12-19)36(34,35)31(24-10-6-9-23(28)16-24)18-26(32)30(21(3)27(33)29-4)17-22-8-5-7-20(2)15-22/h5-16,21H,17-18H2,1-4H3,(H,29,33)/t21-/m0/s1. The summed E-state index contributed by atoms with van der Waals surface area (Å²) in [7, 11) is -2.58. The van der Waals surface area contributed by atoms with Crippen molar-refractivity contribution in [2.45, 2.75) is 38.3 Å². The van der Waals surface area contributed by atoms with Gasteiger partial charge in [0.05, 0.1) is 10.6 Å². The summed E-state index contributed by atoms with van der Waals surface area (Å²) in [5.74, 6) is -0.838. The minimum atomic E-state index is -4.08. The molecule has 0 unspecified atom stereocenters. The third-order valence-corrected chi connectivity index (χ3v) is 8.11. The number of nitrogens with zero attached hydrogens (tertiary/aromatic N) is 2. The molecular weight excluding hydrogens is 542 g/mol. The second-order valence-electron chi connectivity index (χ2n) is 8.61. The molecule has 0 aromatic heterocycles. The van der Waals surface area contributed by atoms with E-state index in [2.05, 4.69) is 21.2 Å². The summed E-state index contributed by atoms with van der Waals surface area (Å²) in [4.78, 5) is 27.7. The fourth-order valence-electron chi connectivity index (χ4n) is 3.80. The van der Waals surface area contributed by atoms with Crippen molar-refractivity contribution in [1.29, 1.82) is 0 Å². The van der Waals surface area contributed by atoms with Crippen molar-refractivity contribution in [2.75, 3.05) is 17.9 Å². The van der Waals surface area contributed by atoms with E-state index in [9.17, 15) is 18.0 Å². The van der Waals surface area contributed by atoms with Gasteiger partial charge < -0.3 is 10.2 Å². The highest BCUT2D eigenvalue weighted by Crippen LogP contribution is 2.27. The van der Waals surface area contributed by atoms with Crippen LogP contribution in [0, 0.1) is 13.8 Å². The summed E-state index contributed by atoms with van der Waals surface area (Å²) < 4.78 is 29.2. The van der Waals surface area contributed by atoms with Crippen LogP contribution in [0.3, 0.4) is 0 Å². The van der Waals surface area contributed by atoms with E-state index in [0.717, 1.165) is 21.0 Å². The maximum absolute atomic E-state index is 13.7. The summed E-state index contributed by atoms with van der Waals surface area (Å²) in [5, 5.41) is 2.58. The van der Waals surface area contributed by atoms with E-state index in [-0.39, 0.29) is 17.3 Å². The molecule has 0 aliphatic rings. The predicted molar refractivity (Wildman–Crippen MR) is 145 cm³/mol. The molecule has 0 bridgehead atoms. The smallest absolute Gasteiger partial charge is 0.264 e. The number of anilines is 1. The molecule has 9 heteroatoms. The number of carbonyl (C=O) groups is 2. The van der Waals surface area contributed by atoms with E-state index >= 15 is 0 Å². The Hall–Kier alpha value is -3.17. The number of benzene rings is 3. The van der Waals surface area contributed by atoms with Crippen LogP contribution in [0.15, 0.2) is 82.2 Å². The molecule has 0 saturated heterocycles. The van der Waals surface area contributed by atoms with Crippen LogP contribution in [-0.2, 0) is 26.2 Å². The lowest BCUT2D eigenvalue weighted by Crippen LogP contribution is -2.50. The molecule has 3 aromatic rings. The van der Waals surface area contributed by atoms with Gasteiger partial charge in [-0.2, -0.15) is 0 Å². The van der Waals surface area contributed by atoms with Gasteiger partial charge in [-0.25, -0.2) is 8.42 Å². The molecule has 0 saturated carbocycles. The Labute approximate surface area is 221 Å². The summed E-state index contributed by atoms with van der Waals surface area (Å²) in [6.45, 7) is 5.13. The quantitative estimate of drug-likeness (QED) is 0.411. The van der Waals surface area contributed by atoms with Gasteiger partial charge in [-0.3, -0.25) is 13.9 Å². The highest BCUT2D eigenvalue weighted by molar-refractivity contribution is 9.10. The lowest BCUT2D eigenvalue weighted by atomic mass is 10.1. The first-order valence-electron chi connectivity index (χ1n) is 11.4. The largest absolute Gasteiger partial charge is 0.357 e. The summed E-state index contributed by atoms with van der Waals surface area (Å²) in [5.41, 5.74) is 3.11. The van der Waals surface area contributed by atoms with Gasteiger partial charge in [0.15, 0.2) is 0 Å². The van der Waals surface area contributed by atoms with Crippen LogP contribution in [-0.4, -0.2) is 44.8 Å². The van der Waals surface area contributed by atoms with Gasteiger partial charge in [0.25, 0.3) is 10.0 Å². The molecule has 2 amide bonds. The van der Waals surface area contributed by atoms with Crippen LogP contribution < -0.4 is 9.62 Å². The van der Waals surface area contributed by atoms with Crippen LogP contribution >= 0.6 is 15.9 Å². The first kappa shape index (κ1) is 27.4. The van der Waals surface area contributed by atoms with Gasteiger partial charge in [0.1, 0.15) is 12.6 Å². The maximum atomic E-state index is 13.7. The van der Waals surface area contributed by atoms with Crippen LogP contribution in [0.1, 0.15) is 23.6 Å². The van der Waals surface area contributed by atoms with Crippen LogP contribution in [0.5, 0.6) is 0 Å². The predicted octanol–water partition coefficient (Wildman–Crippen LogP) is 4.42. The van der Waals surface area contributed by atoms with Gasteiger partial charge in [0.2, 0.25) is 11.8 Å². The maximum Gasteiger partial charge on any atom is 0.264 e. The van der Waals surface area contributed by atoms with Crippen LogP contribution in [0.25, 0.3) is 0 Å². The Kier molecular flexibility index (Phi) is 8.92. The monoisotopic (exact) mass is 571 g/mol. The minimum Gasteiger partial charge on any atom is -0.357 e. The van der Waals surface area contributed by atoms with Gasteiger partial charge >= 0.3 is 0 Å². The Balaban J connectivity index is 2.03. The van der Waals surface area contributed by atoms with Crippen molar-refractivity contribution in [2.24, 2.45) is 0 Å². The number of halogens is 1. The molecule has 0 aliphatic heterocycles. The Morgan fingerprint density at radius 1 is 0.944 bits per heavy atom. The molecule has 0 fully saturated rings. The van der Waals surface area contributed by atoms with Gasteiger partial charge in [0, 0.05) is 18.1 Å². The SMILES string of the molecule is CNC(=O)[C@H](C)N(Cc1cccc(C)c1)C(=O)CN(c1cccc(Br)c1)S(=O)(=O)c1ccc(C)cc1. The molecule has 190 valence electrons. The Morgan fingerprint density at radius 3 is 2.22 bits per heavy atom. The Bertz CT molecular complexity index is 1340. The van der Waals surface area contributed by atoms with Gasteiger partial charge in [-0.15, -0.1) is 0 Å². The number of nitrogens with one attached hydrogen (secondary N) is 1. The number of sulfonamides is 1. The molecule has 0 spiro atoms. The first-order chi connectivity index (χ1) is 17.0. The van der Waals surface area contributed by atoms with Crippen molar-refractivity contribution < 1.29 is 18.0 Å². The lowest BCUT2D eigenvalue weighted by molar-refractivity contribution is -0.139. The average molecular weight is 573 g/mol. The molecule has 7 nitrogen and oxygen atoms in total. The highest BCUT2D eigenvalue weighted by Gasteiger charge is 2.32. The number of hydrogen-bond donors (Lipinski definition) is 1. The van der Waals surface area contributed by atoms with Gasteiger partial charge in [-0.05, 0) is 56.7 Å².